The zero-order valence-corrected chi connectivity index (χ0v) is 20.0. The molecule has 0 heterocycles. The second kappa shape index (κ2) is 10.3. The molecule has 1 amide bonds. The Kier molecular flexibility index (Phi) is 8.37. The van der Waals surface area contributed by atoms with E-state index in [1.54, 1.807) is 24.3 Å². The topological polar surface area (TPSA) is 38.3 Å². The molecule has 0 radical (unpaired) electrons. The number of hydrogen-bond acceptors (Lipinski definition) is 2. The maximum atomic E-state index is 12.2. The second-order valence-electron chi connectivity index (χ2n) is 9.19. The summed E-state index contributed by atoms with van der Waals surface area (Å²) in [4.78, 5) is 12.2. The van der Waals surface area contributed by atoms with Gasteiger partial charge in [-0.2, -0.15) is 0 Å². The lowest BCUT2D eigenvalue weighted by Crippen LogP contribution is -2.21. The molecule has 0 aliphatic carbocycles. The van der Waals surface area contributed by atoms with Crippen LogP contribution in [0.5, 0.6) is 5.75 Å². The van der Waals surface area contributed by atoms with E-state index < -0.39 is 0 Å². The molecular formula is C26H36ClNO2. The largest absolute Gasteiger partial charge is 0.493 e. The van der Waals surface area contributed by atoms with Gasteiger partial charge < -0.3 is 10.1 Å². The third kappa shape index (κ3) is 6.50. The highest BCUT2D eigenvalue weighted by Gasteiger charge is 2.26. The first-order valence-corrected chi connectivity index (χ1v) is 11.3. The van der Waals surface area contributed by atoms with Gasteiger partial charge in [-0.25, -0.2) is 0 Å². The van der Waals surface area contributed by atoms with E-state index in [2.05, 4.69) is 65.1 Å². The van der Waals surface area contributed by atoms with E-state index in [0.29, 0.717) is 24.5 Å². The Hall–Kier alpha value is -2.00. The third-order valence-electron chi connectivity index (χ3n) is 6.19. The fourth-order valence-corrected chi connectivity index (χ4v) is 3.30. The molecule has 0 atom stereocenters. The summed E-state index contributed by atoms with van der Waals surface area (Å²) >= 11 is 5.88. The van der Waals surface area contributed by atoms with Crippen molar-refractivity contribution >= 4 is 23.2 Å². The number of halogens is 1. The number of carbonyl (C=O) groups is 1. The quantitative estimate of drug-likeness (QED) is 0.396. The van der Waals surface area contributed by atoms with Crippen LogP contribution in [0, 0.1) is 0 Å². The molecule has 0 saturated carbocycles. The van der Waals surface area contributed by atoms with E-state index in [-0.39, 0.29) is 16.7 Å². The number of benzene rings is 2. The molecule has 2 rings (SSSR count). The van der Waals surface area contributed by atoms with Crippen LogP contribution in [0.15, 0.2) is 42.5 Å². The van der Waals surface area contributed by atoms with Gasteiger partial charge in [0.2, 0.25) is 5.91 Å². The number of rotatable bonds is 10. The molecule has 2 aromatic carbocycles. The molecule has 0 fully saturated rings. The van der Waals surface area contributed by atoms with Gasteiger partial charge in [-0.15, -0.1) is 0 Å². The molecule has 0 saturated heterocycles. The Morgan fingerprint density at radius 3 is 2.20 bits per heavy atom. The molecule has 2 aromatic rings. The Morgan fingerprint density at radius 1 is 0.967 bits per heavy atom. The number of nitrogens with one attached hydrogen (secondary N) is 1. The Balaban J connectivity index is 2.00. The number of amides is 1. The zero-order valence-electron chi connectivity index (χ0n) is 19.3. The fraction of sp³-hybridized carbons (Fsp3) is 0.500. The minimum absolute atomic E-state index is 0.0184. The highest BCUT2D eigenvalue weighted by molar-refractivity contribution is 6.30. The van der Waals surface area contributed by atoms with Crippen LogP contribution in [0.2, 0.25) is 5.02 Å². The minimum Gasteiger partial charge on any atom is -0.493 e. The minimum atomic E-state index is -0.0184. The summed E-state index contributed by atoms with van der Waals surface area (Å²) in [6.07, 6.45) is 3.19. The van der Waals surface area contributed by atoms with Gasteiger partial charge in [-0.3, -0.25) is 4.79 Å². The molecule has 0 aliphatic heterocycles. The molecule has 0 bridgehead atoms. The van der Waals surface area contributed by atoms with Gasteiger partial charge in [-0.1, -0.05) is 65.3 Å². The van der Waals surface area contributed by atoms with Crippen molar-refractivity contribution in [2.75, 3.05) is 11.9 Å². The van der Waals surface area contributed by atoms with Crippen LogP contribution in [0.4, 0.5) is 5.69 Å². The first kappa shape index (κ1) is 24.3. The van der Waals surface area contributed by atoms with Gasteiger partial charge in [0.1, 0.15) is 5.75 Å². The molecule has 0 spiro atoms. The van der Waals surface area contributed by atoms with E-state index in [4.69, 9.17) is 16.3 Å². The summed E-state index contributed by atoms with van der Waals surface area (Å²) < 4.78 is 6.15. The Bertz CT molecular complexity index is 841. The molecule has 1 N–H and O–H groups in total. The van der Waals surface area contributed by atoms with Crippen LogP contribution in [0.25, 0.3) is 0 Å². The molecular weight excluding hydrogens is 394 g/mol. The van der Waals surface area contributed by atoms with Crippen molar-refractivity contribution in [1.82, 2.24) is 0 Å². The number of ether oxygens (including phenoxy) is 1. The van der Waals surface area contributed by atoms with E-state index in [0.717, 1.165) is 24.3 Å². The van der Waals surface area contributed by atoms with Crippen LogP contribution in [-0.4, -0.2) is 12.5 Å². The fourth-order valence-electron chi connectivity index (χ4n) is 3.17. The Morgan fingerprint density at radius 2 is 1.60 bits per heavy atom. The summed E-state index contributed by atoms with van der Waals surface area (Å²) in [5.74, 6) is 0.908. The summed E-state index contributed by atoms with van der Waals surface area (Å²) in [7, 11) is 0. The van der Waals surface area contributed by atoms with Gasteiger partial charge in [0.05, 0.1) is 6.61 Å². The number of anilines is 1. The van der Waals surface area contributed by atoms with Crippen LogP contribution in [0.3, 0.4) is 0 Å². The van der Waals surface area contributed by atoms with Crippen LogP contribution in [-0.2, 0) is 15.6 Å². The molecule has 3 nitrogen and oxygen atoms in total. The normalized spacial score (nSPS) is 12.0. The lowest BCUT2D eigenvalue weighted by molar-refractivity contribution is -0.116. The first-order valence-electron chi connectivity index (χ1n) is 10.9. The number of hydrogen-bond donors (Lipinski definition) is 1. The molecule has 0 unspecified atom stereocenters. The lowest BCUT2D eigenvalue weighted by atomic mass is 9.76. The molecule has 30 heavy (non-hydrogen) atoms. The van der Waals surface area contributed by atoms with E-state index in [1.165, 1.54) is 11.1 Å². The number of carbonyl (C=O) groups excluding carboxylic acids is 1. The second-order valence-corrected chi connectivity index (χ2v) is 9.63. The molecule has 4 heteroatoms. The van der Waals surface area contributed by atoms with Gasteiger partial charge >= 0.3 is 0 Å². The Labute approximate surface area is 187 Å². The van der Waals surface area contributed by atoms with Crippen molar-refractivity contribution in [1.29, 1.82) is 0 Å². The summed E-state index contributed by atoms with van der Waals surface area (Å²) in [6, 6.07) is 13.7. The lowest BCUT2D eigenvalue weighted by Gasteiger charge is -2.30. The summed E-state index contributed by atoms with van der Waals surface area (Å²) in [6.45, 7) is 14.0. The van der Waals surface area contributed by atoms with Crippen molar-refractivity contribution in [2.45, 2.75) is 78.1 Å². The summed E-state index contributed by atoms with van der Waals surface area (Å²) in [5.41, 5.74) is 3.51. The first-order chi connectivity index (χ1) is 14.1. The highest BCUT2D eigenvalue weighted by atomic mass is 35.5. The van der Waals surface area contributed by atoms with Crippen molar-refractivity contribution in [2.24, 2.45) is 0 Å². The SMILES string of the molecule is CCC(C)(C)c1ccc(OCCCC(=O)Nc2ccc(Cl)cc2)c(C(C)(C)CC)c1. The van der Waals surface area contributed by atoms with E-state index in [9.17, 15) is 4.79 Å². The monoisotopic (exact) mass is 429 g/mol. The average Bonchev–Trinajstić information content (AvgIpc) is 2.72. The van der Waals surface area contributed by atoms with Gasteiger partial charge in [0, 0.05) is 22.7 Å². The molecule has 0 aliphatic rings. The van der Waals surface area contributed by atoms with Gasteiger partial charge in [0.25, 0.3) is 0 Å². The van der Waals surface area contributed by atoms with Crippen LogP contribution >= 0.6 is 11.6 Å². The maximum Gasteiger partial charge on any atom is 0.224 e. The maximum absolute atomic E-state index is 12.2. The van der Waals surface area contributed by atoms with E-state index >= 15 is 0 Å². The molecule has 0 aromatic heterocycles. The predicted molar refractivity (Wildman–Crippen MR) is 128 cm³/mol. The van der Waals surface area contributed by atoms with Crippen LogP contribution < -0.4 is 10.1 Å². The van der Waals surface area contributed by atoms with Crippen molar-refractivity contribution in [3.63, 3.8) is 0 Å². The van der Waals surface area contributed by atoms with Crippen molar-refractivity contribution < 1.29 is 9.53 Å². The van der Waals surface area contributed by atoms with E-state index in [1.807, 2.05) is 0 Å². The molecule has 164 valence electrons. The highest BCUT2D eigenvalue weighted by Crippen LogP contribution is 2.38. The third-order valence-corrected chi connectivity index (χ3v) is 6.44. The van der Waals surface area contributed by atoms with Crippen LogP contribution in [0.1, 0.15) is 78.4 Å². The van der Waals surface area contributed by atoms with Gasteiger partial charge in [0.15, 0.2) is 0 Å². The standard InChI is InChI=1S/C26H36ClNO2/c1-7-25(3,4)19-11-16-23(22(18-19)26(5,6)8-2)30-17-9-10-24(29)28-21-14-12-20(27)13-15-21/h11-16,18H,7-10,17H2,1-6H3,(H,28,29). The smallest absolute Gasteiger partial charge is 0.224 e. The van der Waals surface area contributed by atoms with Crippen molar-refractivity contribution in [3.05, 3.63) is 58.6 Å². The van der Waals surface area contributed by atoms with Crippen molar-refractivity contribution in [3.8, 4) is 5.75 Å². The summed E-state index contributed by atoms with van der Waals surface area (Å²) in [5, 5.41) is 3.54. The zero-order chi connectivity index (χ0) is 22.4. The average molecular weight is 430 g/mol. The van der Waals surface area contributed by atoms with Gasteiger partial charge in [-0.05, 0) is 66.0 Å². The predicted octanol–water partition coefficient (Wildman–Crippen LogP) is 7.51.